The molecule has 12 heavy (non-hydrogen) atoms. The summed E-state index contributed by atoms with van der Waals surface area (Å²) in [6, 6.07) is 6.50. The zero-order chi connectivity index (χ0) is 8.97. The second-order valence-corrected chi connectivity index (χ2v) is 2.23. The molecule has 4 heteroatoms. The molecule has 1 aromatic rings. The minimum Gasteiger partial charge on any atom is -0.411 e. The Kier molecular flexibility index (Phi) is 2.42. The number of hydrogen-bond acceptors (Lipinski definition) is 3. The van der Waals surface area contributed by atoms with Crippen LogP contribution in [0.15, 0.2) is 29.4 Å². The number of oxime groups is 1. The quantitative estimate of drug-likeness (QED) is 0.381. The fourth-order valence-corrected chi connectivity index (χ4v) is 0.839. The number of primary amides is 1. The van der Waals surface area contributed by atoms with Crippen molar-refractivity contribution < 1.29 is 10.0 Å². The van der Waals surface area contributed by atoms with Crippen molar-refractivity contribution >= 4 is 12.1 Å². The van der Waals surface area contributed by atoms with Crippen molar-refractivity contribution in [2.45, 2.75) is 0 Å². The number of rotatable bonds is 2. The summed E-state index contributed by atoms with van der Waals surface area (Å²) < 4.78 is 0. The Morgan fingerprint density at radius 2 is 2.33 bits per heavy atom. The van der Waals surface area contributed by atoms with Gasteiger partial charge in [0.2, 0.25) is 5.91 Å². The lowest BCUT2D eigenvalue weighted by atomic mass is 10.1. The maximum Gasteiger partial charge on any atom is 0.248 e. The molecule has 0 radical (unpaired) electrons. The third-order valence-electron chi connectivity index (χ3n) is 1.38. The van der Waals surface area contributed by atoms with Crippen LogP contribution in [0, 0.1) is 0 Å². The molecule has 0 saturated heterocycles. The van der Waals surface area contributed by atoms with Crippen LogP contribution in [0.4, 0.5) is 0 Å². The SMILES string of the molecule is NC(=O)c1cccc(/C=N/O)c1. The fraction of sp³-hybridized carbons (Fsp3) is 0. The normalized spacial score (nSPS) is 10.3. The molecule has 0 spiro atoms. The molecule has 0 bridgehead atoms. The highest BCUT2D eigenvalue weighted by molar-refractivity contribution is 5.94. The summed E-state index contributed by atoms with van der Waals surface area (Å²) >= 11 is 0. The zero-order valence-corrected chi connectivity index (χ0v) is 6.27. The summed E-state index contributed by atoms with van der Waals surface area (Å²) in [5.41, 5.74) is 6.06. The summed E-state index contributed by atoms with van der Waals surface area (Å²) in [5, 5.41) is 11.0. The van der Waals surface area contributed by atoms with Crippen molar-refractivity contribution in [3.63, 3.8) is 0 Å². The molecule has 0 unspecified atom stereocenters. The van der Waals surface area contributed by atoms with E-state index in [1.54, 1.807) is 24.3 Å². The van der Waals surface area contributed by atoms with Crippen LogP contribution in [0.3, 0.4) is 0 Å². The summed E-state index contributed by atoms with van der Waals surface area (Å²) in [6.07, 6.45) is 1.23. The van der Waals surface area contributed by atoms with Gasteiger partial charge in [-0.15, -0.1) is 0 Å². The smallest absolute Gasteiger partial charge is 0.248 e. The van der Waals surface area contributed by atoms with Gasteiger partial charge in [-0.05, 0) is 17.7 Å². The predicted molar refractivity (Wildman–Crippen MR) is 44.3 cm³/mol. The van der Waals surface area contributed by atoms with Crippen LogP contribution in [-0.2, 0) is 0 Å². The van der Waals surface area contributed by atoms with Gasteiger partial charge >= 0.3 is 0 Å². The van der Waals surface area contributed by atoms with Crippen molar-refractivity contribution in [3.05, 3.63) is 35.4 Å². The van der Waals surface area contributed by atoms with Gasteiger partial charge in [-0.2, -0.15) is 0 Å². The second kappa shape index (κ2) is 3.52. The molecule has 4 nitrogen and oxygen atoms in total. The van der Waals surface area contributed by atoms with Crippen molar-refractivity contribution in [2.24, 2.45) is 10.9 Å². The van der Waals surface area contributed by atoms with E-state index in [0.717, 1.165) is 0 Å². The summed E-state index contributed by atoms with van der Waals surface area (Å²) in [7, 11) is 0. The Morgan fingerprint density at radius 1 is 1.58 bits per heavy atom. The van der Waals surface area contributed by atoms with E-state index < -0.39 is 5.91 Å². The van der Waals surface area contributed by atoms with Gasteiger partial charge in [-0.1, -0.05) is 17.3 Å². The predicted octanol–water partition coefficient (Wildman–Crippen LogP) is 0.594. The number of carbonyl (C=O) groups excluding carboxylic acids is 1. The van der Waals surface area contributed by atoms with Crippen LogP contribution in [-0.4, -0.2) is 17.3 Å². The van der Waals surface area contributed by atoms with E-state index in [1.165, 1.54) is 6.21 Å². The molecule has 0 aliphatic heterocycles. The molecule has 0 heterocycles. The van der Waals surface area contributed by atoms with Crippen LogP contribution in [0.1, 0.15) is 15.9 Å². The van der Waals surface area contributed by atoms with Crippen LogP contribution >= 0.6 is 0 Å². The number of carbonyl (C=O) groups is 1. The van der Waals surface area contributed by atoms with Crippen LogP contribution in [0.25, 0.3) is 0 Å². The van der Waals surface area contributed by atoms with Gasteiger partial charge in [0.15, 0.2) is 0 Å². The molecule has 1 amide bonds. The van der Waals surface area contributed by atoms with Gasteiger partial charge in [-0.25, -0.2) is 0 Å². The van der Waals surface area contributed by atoms with Crippen LogP contribution in [0.2, 0.25) is 0 Å². The lowest BCUT2D eigenvalue weighted by molar-refractivity contribution is 0.100. The Bertz CT molecular complexity index is 321. The largest absolute Gasteiger partial charge is 0.411 e. The average molecular weight is 164 g/mol. The molecule has 0 aromatic heterocycles. The monoisotopic (exact) mass is 164 g/mol. The van der Waals surface area contributed by atoms with Crippen molar-refractivity contribution in [3.8, 4) is 0 Å². The van der Waals surface area contributed by atoms with E-state index in [9.17, 15) is 4.79 Å². The first-order chi connectivity index (χ1) is 5.74. The van der Waals surface area contributed by atoms with E-state index in [-0.39, 0.29) is 0 Å². The van der Waals surface area contributed by atoms with Crippen molar-refractivity contribution in [2.75, 3.05) is 0 Å². The third kappa shape index (κ3) is 1.82. The topological polar surface area (TPSA) is 75.7 Å². The van der Waals surface area contributed by atoms with Gasteiger partial charge in [0, 0.05) is 5.56 Å². The molecular weight excluding hydrogens is 156 g/mol. The first kappa shape index (κ1) is 8.26. The Labute approximate surface area is 69.3 Å². The van der Waals surface area contributed by atoms with Crippen LogP contribution < -0.4 is 5.73 Å². The van der Waals surface area contributed by atoms with Gasteiger partial charge in [0.25, 0.3) is 0 Å². The number of nitrogens with zero attached hydrogens (tertiary/aromatic N) is 1. The third-order valence-corrected chi connectivity index (χ3v) is 1.38. The molecule has 3 N–H and O–H groups in total. The first-order valence-electron chi connectivity index (χ1n) is 3.31. The van der Waals surface area contributed by atoms with E-state index >= 15 is 0 Å². The van der Waals surface area contributed by atoms with Crippen molar-refractivity contribution in [1.29, 1.82) is 0 Å². The molecule has 62 valence electrons. The van der Waals surface area contributed by atoms with Crippen molar-refractivity contribution in [1.82, 2.24) is 0 Å². The van der Waals surface area contributed by atoms with E-state index in [2.05, 4.69) is 5.16 Å². The van der Waals surface area contributed by atoms with Crippen LogP contribution in [0.5, 0.6) is 0 Å². The average Bonchev–Trinajstić information content (AvgIpc) is 2.05. The first-order valence-corrected chi connectivity index (χ1v) is 3.31. The van der Waals surface area contributed by atoms with E-state index in [0.29, 0.717) is 11.1 Å². The number of benzene rings is 1. The molecule has 0 aliphatic rings. The fourth-order valence-electron chi connectivity index (χ4n) is 0.839. The van der Waals surface area contributed by atoms with Gasteiger partial charge < -0.3 is 10.9 Å². The Hall–Kier alpha value is -1.84. The summed E-state index contributed by atoms with van der Waals surface area (Å²) in [5.74, 6) is -0.497. The van der Waals surface area contributed by atoms with Gasteiger partial charge in [-0.3, -0.25) is 4.79 Å². The summed E-state index contributed by atoms with van der Waals surface area (Å²) in [6.45, 7) is 0. The second-order valence-electron chi connectivity index (χ2n) is 2.23. The molecule has 0 fully saturated rings. The Morgan fingerprint density at radius 3 is 2.92 bits per heavy atom. The molecule has 0 atom stereocenters. The lowest BCUT2D eigenvalue weighted by Gasteiger charge is -1.95. The maximum atomic E-state index is 10.7. The van der Waals surface area contributed by atoms with E-state index in [1.807, 2.05) is 0 Å². The van der Waals surface area contributed by atoms with Gasteiger partial charge in [0.1, 0.15) is 0 Å². The maximum absolute atomic E-state index is 10.7. The summed E-state index contributed by atoms with van der Waals surface area (Å²) in [4.78, 5) is 10.7. The standard InChI is InChI=1S/C8H8N2O2/c9-8(11)7-3-1-2-6(4-7)5-10-12/h1-5,12H,(H2,9,11)/b10-5+. The molecule has 0 aliphatic carbocycles. The minimum absolute atomic E-state index is 0.396. The zero-order valence-electron chi connectivity index (χ0n) is 6.27. The van der Waals surface area contributed by atoms with E-state index in [4.69, 9.17) is 10.9 Å². The molecular formula is C8H8N2O2. The highest BCUT2D eigenvalue weighted by atomic mass is 16.4. The molecule has 0 saturated carbocycles. The lowest BCUT2D eigenvalue weighted by Crippen LogP contribution is -2.10. The van der Waals surface area contributed by atoms with Gasteiger partial charge in [0.05, 0.1) is 6.21 Å². The Balaban J connectivity index is 3.03. The number of hydrogen-bond donors (Lipinski definition) is 2. The minimum atomic E-state index is -0.497. The number of amides is 1. The number of nitrogens with two attached hydrogens (primary N) is 1. The highest BCUT2D eigenvalue weighted by Crippen LogP contribution is 2.01. The molecule has 1 rings (SSSR count). The highest BCUT2D eigenvalue weighted by Gasteiger charge is 1.98. The molecule has 1 aromatic carbocycles.